The number of rotatable bonds is 6. The van der Waals surface area contributed by atoms with Crippen LogP contribution in [0.15, 0.2) is 24.3 Å². The molecule has 2 atom stereocenters. The summed E-state index contributed by atoms with van der Waals surface area (Å²) in [6.07, 6.45) is 1.71. The number of aromatic amines is 1. The molecule has 1 aromatic carbocycles. The molecule has 0 saturated carbocycles. The number of hydrogen-bond acceptors (Lipinski definition) is 5. The molecule has 134 valence electrons. The first-order valence-corrected chi connectivity index (χ1v) is 8.48. The number of anilines is 1. The lowest BCUT2D eigenvalue weighted by Crippen LogP contribution is -2.30. The van der Waals surface area contributed by atoms with Gasteiger partial charge >= 0.3 is 0 Å². The number of nitrogens with zero attached hydrogens (tertiary/aromatic N) is 2. The number of aromatic nitrogens is 3. The highest BCUT2D eigenvalue weighted by atomic mass is 19.1. The first-order chi connectivity index (χ1) is 12.0. The van der Waals surface area contributed by atoms with Gasteiger partial charge in [0.1, 0.15) is 11.6 Å². The molecule has 7 nitrogen and oxygen atoms in total. The van der Waals surface area contributed by atoms with E-state index in [4.69, 9.17) is 0 Å². The minimum Gasteiger partial charge on any atom is -0.293 e. The van der Waals surface area contributed by atoms with Crippen LogP contribution in [0.2, 0.25) is 0 Å². The zero-order valence-electron chi connectivity index (χ0n) is 14.3. The molecule has 0 radical (unpaired) electrons. The maximum atomic E-state index is 12.9. The third-order valence-corrected chi connectivity index (χ3v) is 4.60. The van der Waals surface area contributed by atoms with Gasteiger partial charge in [0.05, 0.1) is 0 Å². The van der Waals surface area contributed by atoms with Crippen molar-refractivity contribution in [3.63, 3.8) is 0 Å². The molecular weight excluding hydrogens is 323 g/mol. The Bertz CT molecular complexity index is 706. The van der Waals surface area contributed by atoms with E-state index in [1.807, 2.05) is 0 Å². The van der Waals surface area contributed by atoms with Crippen LogP contribution in [0.3, 0.4) is 0 Å². The van der Waals surface area contributed by atoms with Gasteiger partial charge in [0.25, 0.3) is 0 Å². The Morgan fingerprint density at radius 3 is 2.56 bits per heavy atom. The number of carbonyl (C=O) groups excluding carboxylic acids is 1. The third-order valence-electron chi connectivity index (χ3n) is 4.60. The van der Waals surface area contributed by atoms with Crippen molar-refractivity contribution in [2.75, 3.05) is 5.32 Å². The monoisotopic (exact) mass is 346 g/mol. The molecule has 1 saturated heterocycles. The molecule has 2 heterocycles. The lowest BCUT2D eigenvalue weighted by molar-refractivity contribution is -0.116. The first kappa shape index (κ1) is 17.5. The number of halogens is 1. The van der Waals surface area contributed by atoms with Crippen molar-refractivity contribution < 1.29 is 9.18 Å². The number of nitrogens with one attached hydrogen (secondary N) is 4. The van der Waals surface area contributed by atoms with Crippen LogP contribution in [-0.4, -0.2) is 33.2 Å². The van der Waals surface area contributed by atoms with Crippen LogP contribution in [0.4, 0.5) is 10.3 Å². The van der Waals surface area contributed by atoms with Crippen molar-refractivity contribution in [2.24, 2.45) is 5.92 Å². The number of hydrogen-bond donors (Lipinski definition) is 4. The average Bonchev–Trinajstić information content (AvgIpc) is 3.14. The van der Waals surface area contributed by atoms with Crippen LogP contribution in [0.1, 0.15) is 38.1 Å². The van der Waals surface area contributed by atoms with Gasteiger partial charge in [-0.05, 0) is 43.9 Å². The molecule has 2 unspecified atom stereocenters. The van der Waals surface area contributed by atoms with Crippen LogP contribution in [0.25, 0.3) is 0 Å². The SMILES string of the molecule is CC1NNC(C)C1CCC(=O)Nc1n[nH]c(Cc2ccc(F)cc2)n1. The van der Waals surface area contributed by atoms with Crippen molar-refractivity contribution in [1.29, 1.82) is 0 Å². The summed E-state index contributed by atoms with van der Waals surface area (Å²) >= 11 is 0. The zero-order valence-corrected chi connectivity index (χ0v) is 14.3. The topological polar surface area (TPSA) is 94.7 Å². The van der Waals surface area contributed by atoms with Crippen molar-refractivity contribution in [3.8, 4) is 0 Å². The van der Waals surface area contributed by atoms with Gasteiger partial charge in [-0.3, -0.25) is 26.1 Å². The van der Waals surface area contributed by atoms with Gasteiger partial charge in [-0.1, -0.05) is 12.1 Å². The van der Waals surface area contributed by atoms with E-state index in [0.717, 1.165) is 12.0 Å². The van der Waals surface area contributed by atoms with Crippen molar-refractivity contribution in [3.05, 3.63) is 41.5 Å². The Morgan fingerprint density at radius 1 is 1.20 bits per heavy atom. The zero-order chi connectivity index (χ0) is 17.8. The van der Waals surface area contributed by atoms with E-state index in [0.29, 0.717) is 36.7 Å². The molecule has 1 amide bonds. The van der Waals surface area contributed by atoms with E-state index in [-0.39, 0.29) is 17.7 Å². The fourth-order valence-corrected chi connectivity index (χ4v) is 3.12. The van der Waals surface area contributed by atoms with Crippen molar-refractivity contribution >= 4 is 11.9 Å². The highest BCUT2D eigenvalue weighted by molar-refractivity contribution is 5.88. The van der Waals surface area contributed by atoms with Gasteiger partial charge in [0.15, 0.2) is 0 Å². The summed E-state index contributed by atoms with van der Waals surface area (Å²) in [6, 6.07) is 6.89. The van der Waals surface area contributed by atoms with Crippen LogP contribution in [0, 0.1) is 11.7 Å². The molecular formula is C17H23FN6O. The Balaban J connectivity index is 1.49. The quantitative estimate of drug-likeness (QED) is 0.639. The summed E-state index contributed by atoms with van der Waals surface area (Å²) in [6.45, 7) is 4.21. The Morgan fingerprint density at radius 2 is 1.88 bits per heavy atom. The molecule has 1 fully saturated rings. The maximum absolute atomic E-state index is 12.9. The second-order valence-corrected chi connectivity index (χ2v) is 6.53. The second kappa shape index (κ2) is 7.71. The van der Waals surface area contributed by atoms with E-state index in [1.54, 1.807) is 12.1 Å². The van der Waals surface area contributed by atoms with Gasteiger partial charge in [-0.25, -0.2) is 4.39 Å². The second-order valence-electron chi connectivity index (χ2n) is 6.53. The van der Waals surface area contributed by atoms with Crippen LogP contribution in [-0.2, 0) is 11.2 Å². The first-order valence-electron chi connectivity index (χ1n) is 8.48. The molecule has 0 bridgehead atoms. The lowest BCUT2D eigenvalue weighted by Gasteiger charge is -2.16. The van der Waals surface area contributed by atoms with E-state index in [1.165, 1.54) is 12.1 Å². The van der Waals surface area contributed by atoms with E-state index in [9.17, 15) is 9.18 Å². The molecule has 4 N–H and O–H groups in total. The fraction of sp³-hybridized carbons (Fsp3) is 0.471. The van der Waals surface area contributed by atoms with E-state index in [2.05, 4.69) is 45.2 Å². The van der Waals surface area contributed by atoms with Crippen LogP contribution >= 0.6 is 0 Å². The molecule has 2 aromatic rings. The summed E-state index contributed by atoms with van der Waals surface area (Å²) in [4.78, 5) is 16.4. The largest absolute Gasteiger partial charge is 0.293 e. The van der Waals surface area contributed by atoms with Crippen molar-refractivity contribution in [1.82, 2.24) is 26.0 Å². The number of benzene rings is 1. The number of H-pyrrole nitrogens is 1. The highest BCUT2D eigenvalue weighted by Gasteiger charge is 2.29. The van der Waals surface area contributed by atoms with Gasteiger partial charge in [0.2, 0.25) is 11.9 Å². The average molecular weight is 346 g/mol. The summed E-state index contributed by atoms with van der Waals surface area (Å²) in [5.74, 6) is 0.926. The Labute approximate surface area is 145 Å². The minimum atomic E-state index is -0.273. The smallest absolute Gasteiger partial charge is 0.248 e. The summed E-state index contributed by atoms with van der Waals surface area (Å²) in [7, 11) is 0. The normalized spacial score (nSPS) is 22.9. The highest BCUT2D eigenvalue weighted by Crippen LogP contribution is 2.20. The Kier molecular flexibility index (Phi) is 5.40. The summed E-state index contributed by atoms with van der Waals surface area (Å²) < 4.78 is 12.9. The van der Waals surface area contributed by atoms with Crippen LogP contribution < -0.4 is 16.2 Å². The predicted molar refractivity (Wildman–Crippen MR) is 92.1 cm³/mol. The standard InChI is InChI=1S/C17H23FN6O/c1-10-14(11(2)22-21-10)7-8-16(25)20-17-19-15(23-24-17)9-12-3-5-13(18)6-4-12/h3-6,10-11,14,21-22H,7-9H2,1-2H3,(H2,19,20,23,24,25). The molecule has 25 heavy (non-hydrogen) atoms. The molecule has 0 aliphatic carbocycles. The molecule has 1 aliphatic heterocycles. The molecule has 3 rings (SSSR count). The number of carbonyl (C=O) groups is 1. The van der Waals surface area contributed by atoms with Gasteiger partial charge < -0.3 is 0 Å². The third kappa shape index (κ3) is 4.61. The van der Waals surface area contributed by atoms with Crippen LogP contribution in [0.5, 0.6) is 0 Å². The van der Waals surface area contributed by atoms with Gasteiger partial charge in [-0.15, -0.1) is 5.10 Å². The molecule has 8 heteroatoms. The lowest BCUT2D eigenvalue weighted by atomic mass is 9.91. The molecule has 1 aliphatic rings. The summed E-state index contributed by atoms with van der Waals surface area (Å²) in [5.41, 5.74) is 7.29. The van der Waals surface area contributed by atoms with Crippen molar-refractivity contribution in [2.45, 2.75) is 45.2 Å². The fourth-order valence-electron chi connectivity index (χ4n) is 3.12. The maximum Gasteiger partial charge on any atom is 0.248 e. The minimum absolute atomic E-state index is 0.0985. The van der Waals surface area contributed by atoms with Gasteiger partial charge in [0, 0.05) is 24.9 Å². The number of hydrazine groups is 1. The Hall–Kier alpha value is -2.32. The van der Waals surface area contributed by atoms with E-state index >= 15 is 0 Å². The predicted octanol–water partition coefficient (Wildman–Crippen LogP) is 1.75. The molecule has 1 aromatic heterocycles. The van der Waals surface area contributed by atoms with Gasteiger partial charge in [-0.2, -0.15) is 4.98 Å². The van der Waals surface area contributed by atoms with E-state index < -0.39 is 0 Å². The molecule has 0 spiro atoms. The summed E-state index contributed by atoms with van der Waals surface area (Å²) in [5, 5.41) is 9.53. The number of amides is 1.